The maximum Gasteiger partial charge on any atom is 0.309 e. The lowest BCUT2D eigenvalue weighted by Crippen LogP contribution is -2.05. The predicted octanol–water partition coefficient (Wildman–Crippen LogP) is 2.15. The third-order valence-corrected chi connectivity index (χ3v) is 3.30. The van der Waals surface area contributed by atoms with E-state index in [-0.39, 0.29) is 11.9 Å². The minimum Gasteiger partial charge on any atom is -0.469 e. The molecule has 2 nitrogen and oxygen atoms in total. The number of hydrogen-bond acceptors (Lipinski definition) is 2. The summed E-state index contributed by atoms with van der Waals surface area (Å²) >= 11 is 0. The van der Waals surface area contributed by atoms with Crippen LogP contribution in [0.15, 0.2) is 12.2 Å². The van der Waals surface area contributed by atoms with Gasteiger partial charge in [-0.25, -0.2) is 0 Å². The summed E-state index contributed by atoms with van der Waals surface area (Å²) in [6.45, 7) is 0. The Labute approximate surface area is 79.0 Å². The first-order valence-corrected chi connectivity index (χ1v) is 5.07. The van der Waals surface area contributed by atoms with Crippen molar-refractivity contribution >= 4 is 5.97 Å². The average molecular weight is 180 g/mol. The van der Waals surface area contributed by atoms with Gasteiger partial charge in [0.15, 0.2) is 0 Å². The van der Waals surface area contributed by atoms with Crippen LogP contribution in [0.3, 0.4) is 0 Å². The molecular weight excluding hydrogens is 164 g/mol. The van der Waals surface area contributed by atoms with Crippen LogP contribution in [0.2, 0.25) is 0 Å². The zero-order valence-electron chi connectivity index (χ0n) is 8.03. The van der Waals surface area contributed by atoms with E-state index in [1.807, 2.05) is 0 Å². The lowest BCUT2D eigenvalue weighted by Gasteiger charge is -1.98. The van der Waals surface area contributed by atoms with Gasteiger partial charge in [0.25, 0.3) is 0 Å². The number of ether oxygens (including phenoxy) is 1. The van der Waals surface area contributed by atoms with E-state index in [2.05, 4.69) is 12.2 Å². The molecule has 0 radical (unpaired) electrons. The second kappa shape index (κ2) is 3.52. The zero-order chi connectivity index (χ0) is 9.26. The molecule has 13 heavy (non-hydrogen) atoms. The van der Waals surface area contributed by atoms with E-state index < -0.39 is 0 Å². The van der Waals surface area contributed by atoms with Crippen LogP contribution in [0.5, 0.6) is 0 Å². The minimum absolute atomic E-state index is 0.0110. The Balaban J connectivity index is 1.95. The molecule has 1 fully saturated rings. The number of hydrogen-bond donors (Lipinski definition) is 0. The van der Waals surface area contributed by atoms with Gasteiger partial charge in [-0.2, -0.15) is 0 Å². The molecular formula is C11H16O2. The first-order valence-electron chi connectivity index (χ1n) is 5.07. The second-order valence-corrected chi connectivity index (χ2v) is 4.00. The number of carbonyl (C=O) groups excluding carboxylic acids is 1. The maximum absolute atomic E-state index is 11.3. The number of carbonyl (C=O) groups is 1. The number of rotatable bonds is 1. The van der Waals surface area contributed by atoms with Crippen molar-refractivity contribution in [3.63, 3.8) is 0 Å². The normalized spacial score (nSPS) is 37.2. The molecule has 2 heteroatoms. The van der Waals surface area contributed by atoms with Crippen LogP contribution in [0, 0.1) is 17.8 Å². The lowest BCUT2D eigenvalue weighted by atomic mass is 10.1. The molecule has 1 saturated carbocycles. The van der Waals surface area contributed by atoms with E-state index in [0.29, 0.717) is 11.8 Å². The Kier molecular flexibility index (Phi) is 2.38. The molecule has 2 atom stereocenters. The zero-order valence-corrected chi connectivity index (χ0v) is 8.03. The van der Waals surface area contributed by atoms with E-state index in [1.165, 1.54) is 20.0 Å². The molecule has 0 aromatic rings. The molecule has 0 bridgehead atoms. The second-order valence-electron chi connectivity index (χ2n) is 4.00. The summed E-state index contributed by atoms with van der Waals surface area (Å²) in [7, 11) is 1.49. The van der Waals surface area contributed by atoms with Gasteiger partial charge in [-0.05, 0) is 37.5 Å². The summed E-state index contributed by atoms with van der Waals surface area (Å²) in [5, 5.41) is 0. The van der Waals surface area contributed by atoms with Crippen LogP contribution in [-0.4, -0.2) is 13.1 Å². The molecule has 2 aliphatic rings. The van der Waals surface area contributed by atoms with Crippen molar-refractivity contribution in [3.8, 4) is 0 Å². The van der Waals surface area contributed by atoms with Gasteiger partial charge >= 0.3 is 5.97 Å². The SMILES string of the molecule is COC(=O)C1[C@H]2CCC=CCC[C@H]12. The summed E-state index contributed by atoms with van der Waals surface area (Å²) in [5.41, 5.74) is 0. The first kappa shape index (κ1) is 8.79. The highest BCUT2D eigenvalue weighted by Crippen LogP contribution is 2.53. The Morgan fingerprint density at radius 1 is 1.23 bits per heavy atom. The van der Waals surface area contributed by atoms with Gasteiger partial charge in [-0.3, -0.25) is 4.79 Å². The molecule has 2 aliphatic carbocycles. The highest BCUT2D eigenvalue weighted by atomic mass is 16.5. The fourth-order valence-electron chi connectivity index (χ4n) is 2.53. The maximum atomic E-state index is 11.3. The summed E-state index contributed by atoms with van der Waals surface area (Å²) in [6.07, 6.45) is 9.08. The predicted molar refractivity (Wildman–Crippen MR) is 50.1 cm³/mol. The van der Waals surface area contributed by atoms with Gasteiger partial charge < -0.3 is 4.74 Å². The van der Waals surface area contributed by atoms with Crippen molar-refractivity contribution in [2.45, 2.75) is 25.7 Å². The number of allylic oxidation sites excluding steroid dienone is 2. The summed E-state index contributed by atoms with van der Waals surface area (Å²) in [6, 6.07) is 0. The first-order chi connectivity index (χ1) is 6.34. The van der Waals surface area contributed by atoms with Crippen molar-refractivity contribution in [3.05, 3.63) is 12.2 Å². The average Bonchev–Trinajstić information content (AvgIpc) is 2.75. The van der Waals surface area contributed by atoms with Gasteiger partial charge in [0, 0.05) is 0 Å². The summed E-state index contributed by atoms with van der Waals surface area (Å²) in [4.78, 5) is 11.3. The lowest BCUT2D eigenvalue weighted by molar-refractivity contribution is -0.142. The molecule has 0 unspecified atom stereocenters. The van der Waals surface area contributed by atoms with Gasteiger partial charge in [0.1, 0.15) is 0 Å². The van der Waals surface area contributed by atoms with Crippen molar-refractivity contribution in [2.75, 3.05) is 7.11 Å². The minimum atomic E-state index is 0.0110. The van der Waals surface area contributed by atoms with E-state index in [4.69, 9.17) is 4.74 Å². The monoisotopic (exact) mass is 180 g/mol. The molecule has 0 heterocycles. The summed E-state index contributed by atoms with van der Waals surface area (Å²) < 4.78 is 4.79. The Bertz CT molecular complexity index is 216. The molecule has 0 amide bonds. The van der Waals surface area contributed by atoms with Gasteiger partial charge in [-0.1, -0.05) is 12.2 Å². The molecule has 0 aliphatic heterocycles. The third-order valence-electron chi connectivity index (χ3n) is 3.30. The van der Waals surface area contributed by atoms with E-state index in [0.717, 1.165) is 12.8 Å². The van der Waals surface area contributed by atoms with E-state index in [1.54, 1.807) is 0 Å². The molecule has 0 saturated heterocycles. The fraction of sp³-hybridized carbons (Fsp3) is 0.727. The largest absolute Gasteiger partial charge is 0.469 e. The van der Waals surface area contributed by atoms with E-state index >= 15 is 0 Å². The Morgan fingerprint density at radius 2 is 1.77 bits per heavy atom. The smallest absolute Gasteiger partial charge is 0.309 e. The van der Waals surface area contributed by atoms with Gasteiger partial charge in [-0.15, -0.1) is 0 Å². The van der Waals surface area contributed by atoms with Gasteiger partial charge in [0.2, 0.25) is 0 Å². The fourth-order valence-corrected chi connectivity index (χ4v) is 2.53. The summed E-state index contributed by atoms with van der Waals surface area (Å²) in [5.74, 6) is 1.48. The highest BCUT2D eigenvalue weighted by molar-refractivity contribution is 5.76. The molecule has 0 aromatic carbocycles. The quantitative estimate of drug-likeness (QED) is 0.456. The van der Waals surface area contributed by atoms with Crippen molar-refractivity contribution in [2.24, 2.45) is 17.8 Å². The van der Waals surface area contributed by atoms with Crippen LogP contribution in [0.1, 0.15) is 25.7 Å². The standard InChI is InChI=1S/C11H16O2/c1-13-11(12)10-8-6-4-2-3-5-7-9(8)10/h2-3,8-10H,4-7H2,1H3/t8-,9-/m0/s1. The number of esters is 1. The van der Waals surface area contributed by atoms with Crippen LogP contribution in [-0.2, 0) is 9.53 Å². The number of fused-ring (bicyclic) bond motifs is 1. The molecule has 2 rings (SSSR count). The molecule has 0 aromatic heterocycles. The van der Waals surface area contributed by atoms with Crippen molar-refractivity contribution < 1.29 is 9.53 Å². The van der Waals surface area contributed by atoms with Crippen molar-refractivity contribution in [1.29, 1.82) is 0 Å². The van der Waals surface area contributed by atoms with Gasteiger partial charge in [0.05, 0.1) is 13.0 Å². The topological polar surface area (TPSA) is 26.3 Å². The third kappa shape index (κ3) is 1.62. The van der Waals surface area contributed by atoms with E-state index in [9.17, 15) is 4.79 Å². The van der Waals surface area contributed by atoms with Crippen LogP contribution in [0.25, 0.3) is 0 Å². The Hall–Kier alpha value is -0.790. The van der Waals surface area contributed by atoms with Crippen molar-refractivity contribution in [1.82, 2.24) is 0 Å². The number of methoxy groups -OCH3 is 1. The molecule has 0 spiro atoms. The van der Waals surface area contributed by atoms with Crippen LogP contribution >= 0.6 is 0 Å². The molecule has 72 valence electrons. The van der Waals surface area contributed by atoms with Crippen LogP contribution in [0.4, 0.5) is 0 Å². The molecule has 0 N–H and O–H groups in total. The Morgan fingerprint density at radius 3 is 2.23 bits per heavy atom. The highest BCUT2D eigenvalue weighted by Gasteiger charge is 2.53. The van der Waals surface area contributed by atoms with Crippen LogP contribution < -0.4 is 0 Å².